The molecule has 0 unspecified atom stereocenters. The quantitative estimate of drug-likeness (QED) is 0.514. The lowest BCUT2D eigenvalue weighted by atomic mass is 10.1. The number of halogens is 3. The summed E-state index contributed by atoms with van der Waals surface area (Å²) in [5, 5.41) is 0. The highest BCUT2D eigenvalue weighted by molar-refractivity contribution is 6.06. The van der Waals surface area contributed by atoms with E-state index in [0.29, 0.717) is 22.4 Å². The molecule has 0 aromatic heterocycles. The van der Waals surface area contributed by atoms with Crippen LogP contribution in [-0.4, -0.2) is 25.7 Å². The maximum Gasteiger partial charge on any atom is 0.411 e. The lowest BCUT2D eigenvalue weighted by Gasteiger charge is -2.11. The molecule has 0 amide bonds. The van der Waals surface area contributed by atoms with Crippen LogP contribution < -0.4 is 4.74 Å². The first kappa shape index (κ1) is 19.7. The third kappa shape index (κ3) is 6.04. The van der Waals surface area contributed by atoms with E-state index in [1.165, 1.54) is 13.2 Å². The molecule has 0 N–H and O–H groups in total. The summed E-state index contributed by atoms with van der Waals surface area (Å²) >= 11 is 0. The molecule has 0 aliphatic rings. The third-order valence-corrected chi connectivity index (χ3v) is 3.56. The SMILES string of the molecule is COc1ccc(/C=C/C(=O)c2cccc(C)c2)cc1COCC(F)(F)F. The van der Waals surface area contributed by atoms with Crippen LogP contribution in [0.1, 0.15) is 27.0 Å². The monoisotopic (exact) mass is 364 g/mol. The minimum Gasteiger partial charge on any atom is -0.496 e. The van der Waals surface area contributed by atoms with Gasteiger partial charge in [0, 0.05) is 11.1 Å². The van der Waals surface area contributed by atoms with Gasteiger partial charge in [0.15, 0.2) is 5.78 Å². The Balaban J connectivity index is 2.11. The van der Waals surface area contributed by atoms with Gasteiger partial charge in [0.05, 0.1) is 13.7 Å². The number of ketones is 1. The molecule has 0 fully saturated rings. The number of allylic oxidation sites excluding steroid dienone is 1. The number of carbonyl (C=O) groups excluding carboxylic acids is 1. The fourth-order valence-electron chi connectivity index (χ4n) is 2.36. The van der Waals surface area contributed by atoms with Crippen molar-refractivity contribution in [3.63, 3.8) is 0 Å². The molecule has 26 heavy (non-hydrogen) atoms. The second-order valence-corrected chi connectivity index (χ2v) is 5.75. The molecule has 2 rings (SSSR count). The van der Waals surface area contributed by atoms with E-state index in [1.54, 1.807) is 42.5 Å². The van der Waals surface area contributed by atoms with E-state index < -0.39 is 12.8 Å². The van der Waals surface area contributed by atoms with Gasteiger partial charge in [-0.1, -0.05) is 35.9 Å². The highest BCUT2D eigenvalue weighted by Gasteiger charge is 2.27. The summed E-state index contributed by atoms with van der Waals surface area (Å²) in [7, 11) is 1.43. The zero-order valence-electron chi connectivity index (χ0n) is 14.5. The molecule has 6 heteroatoms. The predicted molar refractivity (Wildman–Crippen MR) is 93.2 cm³/mol. The first-order valence-electron chi connectivity index (χ1n) is 7.89. The van der Waals surface area contributed by atoms with E-state index in [1.807, 2.05) is 13.0 Å². The molecule has 0 heterocycles. The summed E-state index contributed by atoms with van der Waals surface area (Å²) in [4.78, 5) is 12.2. The maximum absolute atomic E-state index is 12.2. The molecular weight excluding hydrogens is 345 g/mol. The second kappa shape index (κ2) is 8.67. The Kier molecular flexibility index (Phi) is 6.58. The number of hydrogen-bond donors (Lipinski definition) is 0. The molecule has 0 bridgehead atoms. The van der Waals surface area contributed by atoms with Crippen molar-refractivity contribution in [2.45, 2.75) is 19.7 Å². The van der Waals surface area contributed by atoms with Gasteiger partial charge >= 0.3 is 6.18 Å². The van der Waals surface area contributed by atoms with E-state index >= 15 is 0 Å². The van der Waals surface area contributed by atoms with E-state index in [2.05, 4.69) is 0 Å². The fraction of sp³-hybridized carbons (Fsp3) is 0.250. The van der Waals surface area contributed by atoms with Crippen LogP contribution in [0.5, 0.6) is 5.75 Å². The van der Waals surface area contributed by atoms with Crippen LogP contribution >= 0.6 is 0 Å². The standard InChI is InChI=1S/C20H19F3O3/c1-14-4-3-5-16(10-14)18(24)8-6-15-7-9-19(25-2)17(11-15)12-26-13-20(21,22)23/h3-11H,12-13H2,1-2H3/b8-6+. The van der Waals surface area contributed by atoms with Crippen molar-refractivity contribution in [1.82, 2.24) is 0 Å². The van der Waals surface area contributed by atoms with Crippen molar-refractivity contribution >= 4 is 11.9 Å². The van der Waals surface area contributed by atoms with Gasteiger partial charge in [-0.3, -0.25) is 4.79 Å². The number of carbonyl (C=O) groups is 1. The predicted octanol–water partition coefficient (Wildman–Crippen LogP) is 4.98. The van der Waals surface area contributed by atoms with E-state index in [0.717, 1.165) is 5.56 Å². The molecule has 2 aromatic carbocycles. The molecule has 0 aliphatic carbocycles. The molecule has 2 aromatic rings. The van der Waals surface area contributed by atoms with Crippen molar-refractivity contribution in [1.29, 1.82) is 0 Å². The summed E-state index contributed by atoms with van der Waals surface area (Å²) in [6.45, 7) is 0.329. The van der Waals surface area contributed by atoms with Gasteiger partial charge in [0.25, 0.3) is 0 Å². The molecule has 0 saturated carbocycles. The van der Waals surface area contributed by atoms with Crippen LogP contribution in [-0.2, 0) is 11.3 Å². The van der Waals surface area contributed by atoms with Crippen molar-refractivity contribution in [3.8, 4) is 5.75 Å². The Morgan fingerprint density at radius 1 is 1.15 bits per heavy atom. The molecule has 0 radical (unpaired) electrons. The number of benzene rings is 2. The average Bonchev–Trinajstić information content (AvgIpc) is 2.58. The van der Waals surface area contributed by atoms with Crippen LogP contribution in [0.2, 0.25) is 0 Å². The van der Waals surface area contributed by atoms with Crippen molar-refractivity contribution in [2.75, 3.05) is 13.7 Å². The van der Waals surface area contributed by atoms with E-state index in [4.69, 9.17) is 9.47 Å². The lowest BCUT2D eigenvalue weighted by molar-refractivity contribution is -0.176. The third-order valence-electron chi connectivity index (χ3n) is 3.56. The number of rotatable bonds is 7. The highest BCUT2D eigenvalue weighted by Crippen LogP contribution is 2.23. The number of alkyl halides is 3. The molecule has 0 spiro atoms. The summed E-state index contributed by atoms with van der Waals surface area (Å²) < 4.78 is 46.5. The van der Waals surface area contributed by atoms with Gasteiger partial charge in [-0.2, -0.15) is 13.2 Å². The van der Waals surface area contributed by atoms with Crippen molar-refractivity contribution < 1.29 is 27.4 Å². The molecule has 0 saturated heterocycles. The highest BCUT2D eigenvalue weighted by atomic mass is 19.4. The molecule has 138 valence electrons. The van der Waals surface area contributed by atoms with Gasteiger partial charge in [0.2, 0.25) is 0 Å². The first-order chi connectivity index (χ1) is 12.3. The normalized spacial score (nSPS) is 11.7. The van der Waals surface area contributed by atoms with Crippen molar-refractivity contribution in [2.24, 2.45) is 0 Å². The van der Waals surface area contributed by atoms with Gasteiger partial charge in [-0.15, -0.1) is 0 Å². The Hall–Kier alpha value is -2.60. The van der Waals surface area contributed by atoms with Crippen LogP contribution in [0.4, 0.5) is 13.2 Å². The van der Waals surface area contributed by atoms with E-state index in [-0.39, 0.29) is 12.4 Å². The first-order valence-corrected chi connectivity index (χ1v) is 7.89. The lowest BCUT2D eigenvalue weighted by Crippen LogP contribution is -2.16. The Morgan fingerprint density at radius 3 is 2.58 bits per heavy atom. The summed E-state index contributed by atoms with van der Waals surface area (Å²) in [6.07, 6.45) is -1.35. The summed E-state index contributed by atoms with van der Waals surface area (Å²) in [5.74, 6) is 0.272. The van der Waals surface area contributed by atoms with Gasteiger partial charge in [0.1, 0.15) is 12.4 Å². The number of ether oxygens (including phenoxy) is 2. The van der Waals surface area contributed by atoms with Gasteiger partial charge < -0.3 is 9.47 Å². The van der Waals surface area contributed by atoms with E-state index in [9.17, 15) is 18.0 Å². The van der Waals surface area contributed by atoms with Gasteiger partial charge in [-0.05, 0) is 36.8 Å². The fourth-order valence-corrected chi connectivity index (χ4v) is 2.36. The van der Waals surface area contributed by atoms with Crippen LogP contribution in [0.3, 0.4) is 0 Å². The minimum absolute atomic E-state index is 0.153. The Morgan fingerprint density at radius 2 is 1.92 bits per heavy atom. The molecular formula is C20H19F3O3. The zero-order chi connectivity index (χ0) is 19.2. The summed E-state index contributed by atoms with van der Waals surface area (Å²) in [5.41, 5.74) is 2.70. The molecule has 0 aliphatic heterocycles. The zero-order valence-corrected chi connectivity index (χ0v) is 14.5. The minimum atomic E-state index is -4.38. The van der Waals surface area contributed by atoms with Crippen LogP contribution in [0.15, 0.2) is 48.5 Å². The van der Waals surface area contributed by atoms with Crippen LogP contribution in [0, 0.1) is 6.92 Å². The Bertz CT molecular complexity index is 795. The number of methoxy groups -OCH3 is 1. The second-order valence-electron chi connectivity index (χ2n) is 5.75. The smallest absolute Gasteiger partial charge is 0.411 e. The summed E-state index contributed by atoms with van der Waals surface area (Å²) in [6, 6.07) is 12.2. The topological polar surface area (TPSA) is 35.5 Å². The molecule has 0 atom stereocenters. The average molecular weight is 364 g/mol. The Labute approximate surface area is 150 Å². The maximum atomic E-state index is 12.2. The van der Waals surface area contributed by atoms with Crippen LogP contribution in [0.25, 0.3) is 6.08 Å². The number of hydrogen-bond acceptors (Lipinski definition) is 3. The van der Waals surface area contributed by atoms with Gasteiger partial charge in [-0.25, -0.2) is 0 Å². The number of aryl methyl sites for hydroxylation is 1. The molecule has 3 nitrogen and oxygen atoms in total. The van der Waals surface area contributed by atoms with Crippen molar-refractivity contribution in [3.05, 3.63) is 70.8 Å². The largest absolute Gasteiger partial charge is 0.496 e.